The van der Waals surface area contributed by atoms with E-state index in [9.17, 15) is 0 Å². The third-order valence-electron chi connectivity index (χ3n) is 12.4. The molecule has 13 rings (SSSR count). The highest BCUT2D eigenvalue weighted by molar-refractivity contribution is 6.25. The van der Waals surface area contributed by atoms with Gasteiger partial charge in [-0.2, -0.15) is 9.97 Å². The summed E-state index contributed by atoms with van der Waals surface area (Å²) in [5.74, 6) is 1.72. The van der Waals surface area contributed by atoms with Gasteiger partial charge in [-0.15, -0.1) is 0 Å². The summed E-state index contributed by atoms with van der Waals surface area (Å²) in [7, 11) is 0. The molecule has 4 aromatic heterocycles. The number of fused-ring (bicyclic) bond motifs is 10. The molecule has 0 unspecified atom stereocenters. The van der Waals surface area contributed by atoms with Crippen LogP contribution in [0.1, 0.15) is 0 Å². The van der Waals surface area contributed by atoms with Gasteiger partial charge in [0.25, 0.3) is 0 Å². The molecule has 0 fully saturated rings. The van der Waals surface area contributed by atoms with E-state index in [0.717, 1.165) is 93.7 Å². The molecule has 0 aliphatic carbocycles. The Balaban J connectivity index is 1.05. The van der Waals surface area contributed by atoms with Crippen molar-refractivity contribution < 1.29 is 4.42 Å². The van der Waals surface area contributed by atoms with E-state index in [2.05, 4.69) is 215 Å². The fourth-order valence-corrected chi connectivity index (χ4v) is 9.48. The second kappa shape index (κ2) is 14.0. The van der Waals surface area contributed by atoms with Crippen LogP contribution in [0.3, 0.4) is 0 Å². The van der Waals surface area contributed by atoms with Crippen molar-refractivity contribution in [2.45, 2.75) is 0 Å². The zero-order valence-corrected chi connectivity index (χ0v) is 33.9. The summed E-state index contributed by atoms with van der Waals surface area (Å²) in [6, 6.07) is 74.4. The molecule has 0 amide bonds. The lowest BCUT2D eigenvalue weighted by Crippen LogP contribution is -2.06. The normalized spacial score (nSPS) is 11.8. The van der Waals surface area contributed by atoms with Crippen molar-refractivity contribution in [1.29, 1.82) is 0 Å². The molecule has 0 saturated heterocycles. The Morgan fingerprint density at radius 1 is 0.317 bits per heavy atom. The number of hydrogen-bond donors (Lipinski definition) is 0. The topological polar surface area (TPSA) is 61.7 Å². The molecule has 4 heterocycles. The van der Waals surface area contributed by atoms with Crippen LogP contribution >= 0.6 is 0 Å². The molecule has 0 bridgehead atoms. The maximum Gasteiger partial charge on any atom is 0.238 e. The molecule has 6 nitrogen and oxygen atoms in total. The average molecular weight is 806 g/mol. The Labute approximate surface area is 361 Å². The highest BCUT2D eigenvalue weighted by atomic mass is 16.3. The summed E-state index contributed by atoms with van der Waals surface area (Å²) in [6.07, 6.45) is 0. The van der Waals surface area contributed by atoms with Crippen LogP contribution in [0.5, 0.6) is 0 Å². The minimum absolute atomic E-state index is 0.553. The Hall–Kier alpha value is -8.61. The van der Waals surface area contributed by atoms with Gasteiger partial charge in [-0.1, -0.05) is 152 Å². The van der Waals surface area contributed by atoms with Gasteiger partial charge < -0.3 is 8.98 Å². The first-order valence-electron chi connectivity index (χ1n) is 21.2. The molecule has 0 aliphatic rings. The molecule has 0 saturated carbocycles. The van der Waals surface area contributed by atoms with E-state index < -0.39 is 0 Å². The van der Waals surface area contributed by atoms with Gasteiger partial charge in [0.1, 0.15) is 11.2 Å². The van der Waals surface area contributed by atoms with Gasteiger partial charge in [-0.05, 0) is 82.9 Å². The molecule has 0 spiro atoms. The molecule has 294 valence electrons. The van der Waals surface area contributed by atoms with Crippen LogP contribution in [0.4, 0.5) is 0 Å². The number of aromatic nitrogens is 5. The molecular formula is C57H35N5O. The SMILES string of the molecule is c1ccc(-c2ccc(-c3nc(-c4ccc5oc6ccc7c8ccccc8n(-c8cccc(-c9ccccc9)c8)c7c6c5c4)nc(-n4c5ccccc5c5ccccc54)n3)cc2)cc1. The van der Waals surface area contributed by atoms with Crippen LogP contribution in [0.15, 0.2) is 217 Å². The van der Waals surface area contributed by atoms with E-state index in [1.807, 2.05) is 6.07 Å². The first kappa shape index (κ1) is 35.2. The lowest BCUT2D eigenvalue weighted by molar-refractivity contribution is 0.669. The van der Waals surface area contributed by atoms with Gasteiger partial charge in [-0.3, -0.25) is 4.57 Å². The Kier molecular flexibility index (Phi) is 7.80. The quantitative estimate of drug-likeness (QED) is 0.168. The average Bonchev–Trinajstić information content (AvgIpc) is 4.02. The molecule has 0 atom stereocenters. The number of hydrogen-bond acceptors (Lipinski definition) is 4. The van der Waals surface area contributed by atoms with Crippen LogP contribution in [0, 0.1) is 0 Å². The molecule has 0 N–H and O–H groups in total. The third-order valence-corrected chi connectivity index (χ3v) is 12.4. The van der Waals surface area contributed by atoms with Gasteiger partial charge in [-0.25, -0.2) is 4.98 Å². The molecule has 9 aromatic carbocycles. The highest BCUT2D eigenvalue weighted by Crippen LogP contribution is 2.42. The molecule has 63 heavy (non-hydrogen) atoms. The van der Waals surface area contributed by atoms with Crippen molar-refractivity contribution in [3.8, 4) is 56.7 Å². The van der Waals surface area contributed by atoms with E-state index in [1.165, 1.54) is 10.9 Å². The standard InChI is InChI=1S/C57H35N5O/c1-3-14-36(15-4-1)38-26-28-39(29-27-38)55-58-56(60-57(59-55)62-49-24-11-7-20-43(49)44-21-8-12-25-50(44)62)41-30-32-51-47(35-41)53-52(63-51)33-31-46-45-22-9-10-23-48(45)61(54(46)53)42-19-13-18-40(34-42)37-16-5-2-6-17-37/h1-35H. The maximum atomic E-state index is 6.68. The monoisotopic (exact) mass is 805 g/mol. The molecular weight excluding hydrogens is 771 g/mol. The summed E-state index contributed by atoms with van der Waals surface area (Å²) >= 11 is 0. The lowest BCUT2D eigenvalue weighted by Gasteiger charge is -2.12. The van der Waals surface area contributed by atoms with Gasteiger partial charge in [0.05, 0.1) is 27.5 Å². The Bertz CT molecular complexity index is 3850. The van der Waals surface area contributed by atoms with Crippen LogP contribution in [0.2, 0.25) is 0 Å². The van der Waals surface area contributed by atoms with Gasteiger partial charge in [0, 0.05) is 43.7 Å². The second-order valence-corrected chi connectivity index (χ2v) is 16.0. The zero-order valence-electron chi connectivity index (χ0n) is 33.9. The van der Waals surface area contributed by atoms with Gasteiger partial charge in [0.15, 0.2) is 11.6 Å². The summed E-state index contributed by atoms with van der Waals surface area (Å²) in [4.78, 5) is 15.8. The number of rotatable bonds is 6. The summed E-state index contributed by atoms with van der Waals surface area (Å²) < 4.78 is 11.2. The summed E-state index contributed by atoms with van der Waals surface area (Å²) in [6.45, 7) is 0. The smallest absolute Gasteiger partial charge is 0.238 e. The number of nitrogens with zero attached hydrogens (tertiary/aromatic N) is 5. The third kappa shape index (κ3) is 5.62. The minimum Gasteiger partial charge on any atom is -0.456 e. The van der Waals surface area contributed by atoms with Gasteiger partial charge in [0.2, 0.25) is 5.95 Å². The first-order valence-corrected chi connectivity index (χ1v) is 21.2. The molecule has 0 aliphatic heterocycles. The van der Waals surface area contributed by atoms with Crippen molar-refractivity contribution >= 4 is 65.6 Å². The fourth-order valence-electron chi connectivity index (χ4n) is 9.48. The van der Waals surface area contributed by atoms with Crippen LogP contribution in [-0.4, -0.2) is 24.1 Å². The van der Waals surface area contributed by atoms with E-state index in [1.54, 1.807) is 0 Å². The largest absolute Gasteiger partial charge is 0.456 e. The first-order chi connectivity index (χ1) is 31.2. The van der Waals surface area contributed by atoms with Crippen LogP contribution in [-0.2, 0) is 0 Å². The van der Waals surface area contributed by atoms with Crippen molar-refractivity contribution in [3.63, 3.8) is 0 Å². The van der Waals surface area contributed by atoms with Gasteiger partial charge >= 0.3 is 0 Å². The van der Waals surface area contributed by atoms with Crippen molar-refractivity contribution in [2.24, 2.45) is 0 Å². The number of para-hydroxylation sites is 3. The Morgan fingerprint density at radius 2 is 0.825 bits per heavy atom. The molecule has 13 aromatic rings. The minimum atomic E-state index is 0.553. The van der Waals surface area contributed by atoms with Crippen LogP contribution in [0.25, 0.3) is 122 Å². The van der Waals surface area contributed by atoms with E-state index in [0.29, 0.717) is 17.6 Å². The van der Waals surface area contributed by atoms with Crippen molar-refractivity contribution in [3.05, 3.63) is 212 Å². The number of benzene rings is 9. The molecule has 6 heteroatoms. The lowest BCUT2D eigenvalue weighted by atomic mass is 10.0. The van der Waals surface area contributed by atoms with E-state index in [-0.39, 0.29) is 0 Å². The number of furan rings is 1. The predicted molar refractivity (Wildman–Crippen MR) is 258 cm³/mol. The fraction of sp³-hybridized carbons (Fsp3) is 0. The Morgan fingerprint density at radius 3 is 1.51 bits per heavy atom. The van der Waals surface area contributed by atoms with Crippen molar-refractivity contribution in [1.82, 2.24) is 24.1 Å². The highest BCUT2D eigenvalue weighted by Gasteiger charge is 2.22. The second-order valence-electron chi connectivity index (χ2n) is 16.0. The summed E-state index contributed by atoms with van der Waals surface area (Å²) in [5, 5.41) is 6.66. The van der Waals surface area contributed by atoms with Crippen LogP contribution < -0.4 is 0 Å². The zero-order chi connectivity index (χ0) is 41.4. The van der Waals surface area contributed by atoms with Crippen molar-refractivity contribution in [2.75, 3.05) is 0 Å². The van der Waals surface area contributed by atoms with E-state index in [4.69, 9.17) is 19.4 Å². The predicted octanol–water partition coefficient (Wildman–Crippen LogP) is 14.6. The maximum absolute atomic E-state index is 6.68. The van der Waals surface area contributed by atoms with E-state index >= 15 is 0 Å². The summed E-state index contributed by atoms with van der Waals surface area (Å²) in [5.41, 5.74) is 13.4. The molecule has 0 radical (unpaired) electrons.